The number of hydrogen-bond acceptors (Lipinski definition) is 11. The lowest BCUT2D eigenvalue weighted by atomic mass is 10.2. The quantitative estimate of drug-likeness (QED) is 0.339. The van der Waals surface area contributed by atoms with E-state index in [1.807, 2.05) is 0 Å². The number of hydrogen-bond donors (Lipinski definition) is 2. The number of benzene rings is 1. The molecule has 2 N–H and O–H groups in total. The molecule has 200 valence electrons. The Bertz CT molecular complexity index is 1300. The lowest BCUT2D eigenvalue weighted by Crippen LogP contribution is -2.44. The number of nitrogens with one attached hydrogen (secondary N) is 2. The summed E-state index contributed by atoms with van der Waals surface area (Å²) in [6.07, 6.45) is 2.49. The van der Waals surface area contributed by atoms with Crippen molar-refractivity contribution < 1.29 is 27.4 Å². The fourth-order valence-corrected chi connectivity index (χ4v) is 4.93. The number of rotatable bonds is 12. The van der Waals surface area contributed by atoms with Crippen LogP contribution in [0.3, 0.4) is 0 Å². The third-order valence-electron chi connectivity index (χ3n) is 5.85. The Kier molecular flexibility index (Phi) is 8.44. The van der Waals surface area contributed by atoms with Crippen LogP contribution in [-0.4, -0.2) is 72.5 Å². The van der Waals surface area contributed by atoms with Crippen LogP contribution in [0, 0.1) is 0 Å². The van der Waals surface area contributed by atoms with E-state index in [1.54, 1.807) is 18.2 Å². The largest absolute Gasteiger partial charge is 0.494 e. The number of anilines is 1. The van der Waals surface area contributed by atoms with E-state index in [0.29, 0.717) is 28.0 Å². The van der Waals surface area contributed by atoms with Gasteiger partial charge in [0.2, 0.25) is 16.0 Å². The Balaban J connectivity index is 1.72. The number of nitrogens with zero attached hydrogens (tertiary/aromatic N) is 5. The van der Waals surface area contributed by atoms with Gasteiger partial charge in [-0.05, 0) is 25.5 Å². The van der Waals surface area contributed by atoms with Gasteiger partial charge in [-0.1, -0.05) is 17.7 Å². The van der Waals surface area contributed by atoms with Crippen molar-refractivity contribution in [3.63, 3.8) is 0 Å². The lowest BCUT2D eigenvalue weighted by molar-refractivity contribution is -0.0272. The second kappa shape index (κ2) is 11.6. The zero-order valence-electron chi connectivity index (χ0n) is 20.7. The first-order valence-corrected chi connectivity index (χ1v) is 13.2. The summed E-state index contributed by atoms with van der Waals surface area (Å²) in [6, 6.07) is 5.19. The molecule has 3 unspecified atom stereocenters. The minimum absolute atomic E-state index is 0.0580. The van der Waals surface area contributed by atoms with E-state index in [1.165, 1.54) is 45.2 Å². The average molecular weight is 554 g/mol. The minimum atomic E-state index is -4.11. The van der Waals surface area contributed by atoms with Crippen molar-refractivity contribution in [2.45, 2.75) is 37.5 Å². The zero-order valence-corrected chi connectivity index (χ0v) is 22.3. The van der Waals surface area contributed by atoms with E-state index in [-0.39, 0.29) is 24.6 Å². The number of aromatic nitrogens is 5. The summed E-state index contributed by atoms with van der Waals surface area (Å²) in [5.41, 5.74) is 0.410. The minimum Gasteiger partial charge on any atom is -0.494 e. The van der Waals surface area contributed by atoms with Crippen LogP contribution in [-0.2, 0) is 26.1 Å². The van der Waals surface area contributed by atoms with Crippen molar-refractivity contribution in [3.8, 4) is 17.2 Å². The third kappa shape index (κ3) is 5.78. The number of para-hydroxylation sites is 1. The van der Waals surface area contributed by atoms with Crippen LogP contribution in [0.5, 0.6) is 11.5 Å². The van der Waals surface area contributed by atoms with Crippen molar-refractivity contribution in [2.24, 2.45) is 0 Å². The first kappa shape index (κ1) is 27.0. The number of ether oxygens (including phenoxy) is 4. The number of methoxy groups -OCH3 is 3. The van der Waals surface area contributed by atoms with Gasteiger partial charge in [-0.2, -0.15) is 0 Å². The van der Waals surface area contributed by atoms with Gasteiger partial charge in [0.05, 0.1) is 19.2 Å². The predicted octanol–water partition coefficient (Wildman–Crippen LogP) is 2.08. The molecular formula is C22H28ClN7O6S. The summed E-state index contributed by atoms with van der Waals surface area (Å²) in [7, 11) is 0.262. The summed E-state index contributed by atoms with van der Waals surface area (Å²) in [4.78, 5) is 8.22. The molecule has 3 heterocycles. The first-order chi connectivity index (χ1) is 17.8. The predicted molar refractivity (Wildman–Crippen MR) is 134 cm³/mol. The van der Waals surface area contributed by atoms with Crippen LogP contribution >= 0.6 is 11.6 Å². The van der Waals surface area contributed by atoms with E-state index in [9.17, 15) is 8.42 Å². The Labute approximate surface area is 219 Å². The standard InChI is InChI=1S/C22H28ClN7O6S/c1-13(20(35-4)21-25-10-14(23)11-26-21)37(31,32)29-22-28-27-17(12-36-18-8-9-24-18)30(22)19-15(33-2)6-5-7-16(19)34-3/h5-7,10-11,13,18,20,24H,8-9,12H2,1-4H3,(H,28,29). The Morgan fingerprint density at radius 1 is 1.16 bits per heavy atom. The van der Waals surface area contributed by atoms with Gasteiger partial charge in [-0.3, -0.25) is 14.6 Å². The molecule has 3 atom stereocenters. The molecule has 1 aliphatic rings. The van der Waals surface area contributed by atoms with Crippen molar-refractivity contribution in [1.29, 1.82) is 0 Å². The van der Waals surface area contributed by atoms with Crippen LogP contribution < -0.4 is 19.5 Å². The first-order valence-electron chi connectivity index (χ1n) is 11.3. The molecule has 0 radical (unpaired) electrons. The molecule has 1 saturated heterocycles. The van der Waals surface area contributed by atoms with Gasteiger partial charge in [-0.25, -0.2) is 18.4 Å². The molecule has 0 amide bonds. The maximum absolute atomic E-state index is 13.5. The summed E-state index contributed by atoms with van der Waals surface area (Å²) in [6.45, 7) is 2.40. The fraction of sp³-hybridized carbons (Fsp3) is 0.455. The van der Waals surface area contributed by atoms with Crippen molar-refractivity contribution in [3.05, 3.63) is 47.3 Å². The molecule has 2 aromatic heterocycles. The molecule has 1 aromatic carbocycles. The summed E-state index contributed by atoms with van der Waals surface area (Å²) >= 11 is 5.87. The number of sulfonamides is 1. The second-order valence-electron chi connectivity index (χ2n) is 8.10. The normalized spacial score (nSPS) is 17.1. The average Bonchev–Trinajstić information content (AvgIpc) is 3.24. The Hall–Kier alpha value is -3.04. The second-order valence-corrected chi connectivity index (χ2v) is 10.6. The van der Waals surface area contributed by atoms with Gasteiger partial charge in [0, 0.05) is 26.0 Å². The molecule has 37 heavy (non-hydrogen) atoms. The molecule has 15 heteroatoms. The van der Waals surface area contributed by atoms with E-state index < -0.39 is 21.4 Å². The molecule has 0 aliphatic carbocycles. The molecule has 0 saturated carbocycles. The molecule has 1 fully saturated rings. The highest BCUT2D eigenvalue weighted by atomic mass is 35.5. The highest BCUT2D eigenvalue weighted by molar-refractivity contribution is 7.93. The van der Waals surface area contributed by atoms with Crippen LogP contribution in [0.15, 0.2) is 30.6 Å². The molecule has 3 aromatic rings. The molecular weight excluding hydrogens is 526 g/mol. The van der Waals surface area contributed by atoms with E-state index in [0.717, 1.165) is 13.0 Å². The van der Waals surface area contributed by atoms with E-state index in [2.05, 4.69) is 30.2 Å². The summed E-state index contributed by atoms with van der Waals surface area (Å²) < 4.78 is 53.4. The SMILES string of the molecule is COc1cccc(OC)c1-n1c(COC2CCN2)nnc1NS(=O)(=O)C(C)C(OC)c1ncc(Cl)cn1. The lowest BCUT2D eigenvalue weighted by Gasteiger charge is -2.27. The van der Waals surface area contributed by atoms with Crippen LogP contribution in [0.2, 0.25) is 5.02 Å². The molecule has 1 aliphatic heterocycles. The van der Waals surface area contributed by atoms with Gasteiger partial charge in [0.15, 0.2) is 11.6 Å². The van der Waals surface area contributed by atoms with Crippen molar-refractivity contribution in [2.75, 3.05) is 32.6 Å². The maximum Gasteiger partial charge on any atom is 0.243 e. The van der Waals surface area contributed by atoms with Crippen molar-refractivity contribution >= 4 is 27.6 Å². The summed E-state index contributed by atoms with van der Waals surface area (Å²) in [5.74, 6) is 1.26. The monoisotopic (exact) mass is 553 g/mol. The number of halogens is 1. The van der Waals surface area contributed by atoms with Gasteiger partial charge < -0.3 is 18.9 Å². The van der Waals surface area contributed by atoms with Crippen LogP contribution in [0.1, 0.15) is 31.1 Å². The van der Waals surface area contributed by atoms with Crippen molar-refractivity contribution in [1.82, 2.24) is 30.0 Å². The van der Waals surface area contributed by atoms with E-state index in [4.69, 9.17) is 30.5 Å². The molecule has 0 spiro atoms. The molecule has 0 bridgehead atoms. The highest BCUT2D eigenvalue weighted by Gasteiger charge is 2.35. The fourth-order valence-electron chi connectivity index (χ4n) is 3.70. The molecule has 13 nitrogen and oxygen atoms in total. The third-order valence-corrected chi connectivity index (χ3v) is 7.73. The van der Waals surface area contributed by atoms with Crippen LogP contribution in [0.4, 0.5) is 5.95 Å². The smallest absolute Gasteiger partial charge is 0.243 e. The van der Waals surface area contributed by atoms with Gasteiger partial charge in [0.25, 0.3) is 0 Å². The van der Waals surface area contributed by atoms with Gasteiger partial charge in [0.1, 0.15) is 41.4 Å². The van der Waals surface area contributed by atoms with E-state index >= 15 is 0 Å². The molecule has 4 rings (SSSR count). The van der Waals surface area contributed by atoms with Gasteiger partial charge in [-0.15, -0.1) is 10.2 Å². The zero-order chi connectivity index (χ0) is 26.6. The highest BCUT2D eigenvalue weighted by Crippen LogP contribution is 2.36. The van der Waals surface area contributed by atoms with Crippen LogP contribution in [0.25, 0.3) is 5.69 Å². The topological polar surface area (TPSA) is 152 Å². The maximum atomic E-state index is 13.5. The Morgan fingerprint density at radius 3 is 2.35 bits per heavy atom. The van der Waals surface area contributed by atoms with Gasteiger partial charge >= 0.3 is 0 Å². The summed E-state index contributed by atoms with van der Waals surface area (Å²) in [5, 5.41) is 10.7. The Morgan fingerprint density at radius 2 is 1.81 bits per heavy atom.